The molecule has 0 aliphatic rings. The molecule has 0 amide bonds. The van der Waals surface area contributed by atoms with Crippen LogP contribution in [-0.2, 0) is 11.2 Å². The van der Waals surface area contributed by atoms with Crippen LogP contribution in [0.4, 0.5) is 0 Å². The van der Waals surface area contributed by atoms with Crippen LogP contribution < -0.4 is 0 Å². The zero-order chi connectivity index (χ0) is 18.0. The SMILES string of the molecule is CC(=CC(=O)O)Cc1ccc2c(ccn2C(C)c2ccccc2C)c1. The number of benzene rings is 2. The summed E-state index contributed by atoms with van der Waals surface area (Å²) < 4.78 is 2.29. The highest BCUT2D eigenvalue weighted by Crippen LogP contribution is 2.27. The van der Waals surface area contributed by atoms with E-state index in [2.05, 4.69) is 73.1 Å². The van der Waals surface area contributed by atoms with Crippen molar-refractivity contribution in [1.82, 2.24) is 4.57 Å². The molecule has 1 atom stereocenters. The van der Waals surface area contributed by atoms with Crippen LogP contribution in [0, 0.1) is 6.92 Å². The molecule has 0 spiro atoms. The van der Waals surface area contributed by atoms with Gasteiger partial charge in [-0.25, -0.2) is 4.79 Å². The molecule has 3 nitrogen and oxygen atoms in total. The van der Waals surface area contributed by atoms with Crippen LogP contribution in [0.2, 0.25) is 0 Å². The normalized spacial score (nSPS) is 13.2. The monoisotopic (exact) mass is 333 g/mol. The summed E-state index contributed by atoms with van der Waals surface area (Å²) in [5.41, 5.74) is 5.79. The number of hydrogen-bond donors (Lipinski definition) is 1. The average molecular weight is 333 g/mol. The van der Waals surface area contributed by atoms with Crippen molar-refractivity contribution in [2.45, 2.75) is 33.2 Å². The number of fused-ring (bicyclic) bond motifs is 1. The lowest BCUT2D eigenvalue weighted by Crippen LogP contribution is -2.06. The third kappa shape index (κ3) is 3.66. The van der Waals surface area contributed by atoms with Crippen molar-refractivity contribution in [2.75, 3.05) is 0 Å². The Morgan fingerprint density at radius 2 is 1.96 bits per heavy atom. The number of aromatic nitrogens is 1. The minimum absolute atomic E-state index is 0.262. The van der Waals surface area contributed by atoms with Crippen LogP contribution in [0.25, 0.3) is 10.9 Å². The lowest BCUT2D eigenvalue weighted by atomic mass is 10.0. The molecule has 1 heterocycles. The van der Waals surface area contributed by atoms with E-state index in [-0.39, 0.29) is 6.04 Å². The van der Waals surface area contributed by atoms with Crippen LogP contribution in [0.15, 0.2) is 66.4 Å². The van der Waals surface area contributed by atoms with Gasteiger partial charge in [-0.3, -0.25) is 0 Å². The number of nitrogens with zero attached hydrogens (tertiary/aromatic N) is 1. The molecule has 1 aromatic heterocycles. The van der Waals surface area contributed by atoms with Gasteiger partial charge in [0.2, 0.25) is 0 Å². The fourth-order valence-corrected chi connectivity index (χ4v) is 3.45. The van der Waals surface area contributed by atoms with Gasteiger partial charge < -0.3 is 9.67 Å². The first-order valence-corrected chi connectivity index (χ1v) is 8.51. The highest BCUT2D eigenvalue weighted by atomic mass is 16.4. The maximum atomic E-state index is 10.8. The van der Waals surface area contributed by atoms with Gasteiger partial charge in [-0.1, -0.05) is 35.9 Å². The number of allylic oxidation sites excluding steroid dienone is 1. The molecule has 0 radical (unpaired) electrons. The molecule has 0 aliphatic carbocycles. The average Bonchev–Trinajstić information content (AvgIpc) is 2.97. The molecule has 0 aliphatic heterocycles. The molecular formula is C22H23NO2. The molecule has 3 aromatic rings. The second kappa shape index (κ2) is 6.98. The Labute approximate surface area is 148 Å². The minimum atomic E-state index is -0.892. The van der Waals surface area contributed by atoms with Crippen LogP contribution >= 0.6 is 0 Å². The van der Waals surface area contributed by atoms with Crippen molar-refractivity contribution in [3.05, 3.63) is 83.1 Å². The largest absolute Gasteiger partial charge is 0.478 e. The van der Waals surface area contributed by atoms with E-state index in [0.717, 1.165) is 11.1 Å². The summed E-state index contributed by atoms with van der Waals surface area (Å²) in [6, 6.07) is 17.2. The number of carboxylic acids is 1. The Morgan fingerprint density at radius 1 is 1.20 bits per heavy atom. The van der Waals surface area contributed by atoms with Gasteiger partial charge in [-0.05, 0) is 67.5 Å². The predicted octanol–water partition coefficient (Wildman–Crippen LogP) is 5.13. The molecule has 0 bridgehead atoms. The molecule has 1 unspecified atom stereocenters. The molecule has 0 saturated heterocycles. The van der Waals surface area contributed by atoms with E-state index in [4.69, 9.17) is 5.11 Å². The van der Waals surface area contributed by atoms with Crippen molar-refractivity contribution in [2.24, 2.45) is 0 Å². The number of carboxylic acid groups (broad SMARTS) is 1. The Hall–Kier alpha value is -2.81. The smallest absolute Gasteiger partial charge is 0.328 e. The summed E-state index contributed by atoms with van der Waals surface area (Å²) in [7, 11) is 0. The summed E-state index contributed by atoms with van der Waals surface area (Å²) in [5.74, 6) is -0.892. The molecule has 0 saturated carbocycles. The van der Waals surface area contributed by atoms with Crippen LogP contribution in [0.5, 0.6) is 0 Å². The Balaban J connectivity index is 1.93. The van der Waals surface area contributed by atoms with Gasteiger partial charge in [0.05, 0.1) is 6.04 Å². The van der Waals surface area contributed by atoms with Crippen molar-refractivity contribution in [3.63, 3.8) is 0 Å². The van der Waals surface area contributed by atoms with E-state index in [1.165, 1.54) is 28.1 Å². The third-order valence-corrected chi connectivity index (χ3v) is 4.69. The quantitative estimate of drug-likeness (QED) is 0.658. The summed E-state index contributed by atoms with van der Waals surface area (Å²) in [4.78, 5) is 10.8. The minimum Gasteiger partial charge on any atom is -0.478 e. The van der Waals surface area contributed by atoms with Gasteiger partial charge in [-0.15, -0.1) is 0 Å². The Kier molecular flexibility index (Phi) is 4.75. The van der Waals surface area contributed by atoms with Crippen LogP contribution in [-0.4, -0.2) is 15.6 Å². The second-order valence-electron chi connectivity index (χ2n) is 6.65. The van der Waals surface area contributed by atoms with Crippen molar-refractivity contribution in [1.29, 1.82) is 0 Å². The standard InChI is InChI=1S/C22H23NO2/c1-15(13-22(24)25)12-18-8-9-21-19(14-18)10-11-23(21)17(3)20-7-5-4-6-16(20)2/h4-11,13-14,17H,12H2,1-3H3,(H,24,25). The van der Waals surface area contributed by atoms with Gasteiger partial charge in [0, 0.05) is 17.8 Å². The summed E-state index contributed by atoms with van der Waals surface area (Å²) in [6.07, 6.45) is 4.06. The molecule has 1 N–H and O–H groups in total. The van der Waals surface area contributed by atoms with Crippen molar-refractivity contribution in [3.8, 4) is 0 Å². The summed E-state index contributed by atoms with van der Waals surface area (Å²) in [5, 5.41) is 10.0. The molecule has 2 aromatic carbocycles. The molecule has 0 fully saturated rings. The summed E-state index contributed by atoms with van der Waals surface area (Å²) in [6.45, 7) is 6.21. The fraction of sp³-hybridized carbons (Fsp3) is 0.227. The zero-order valence-electron chi connectivity index (χ0n) is 14.9. The van der Waals surface area contributed by atoms with E-state index in [1.54, 1.807) is 0 Å². The number of carbonyl (C=O) groups is 1. The van der Waals surface area contributed by atoms with E-state index in [1.807, 2.05) is 6.92 Å². The molecule has 3 rings (SSSR count). The van der Waals surface area contributed by atoms with Gasteiger partial charge in [-0.2, -0.15) is 0 Å². The Bertz CT molecular complexity index is 950. The third-order valence-electron chi connectivity index (χ3n) is 4.69. The first kappa shape index (κ1) is 17.0. The van der Waals surface area contributed by atoms with E-state index < -0.39 is 5.97 Å². The molecular weight excluding hydrogens is 310 g/mol. The lowest BCUT2D eigenvalue weighted by molar-refractivity contribution is -0.131. The second-order valence-corrected chi connectivity index (χ2v) is 6.65. The van der Waals surface area contributed by atoms with E-state index in [0.29, 0.717) is 6.42 Å². The van der Waals surface area contributed by atoms with Gasteiger partial charge in [0.15, 0.2) is 0 Å². The zero-order valence-corrected chi connectivity index (χ0v) is 14.9. The predicted molar refractivity (Wildman–Crippen MR) is 102 cm³/mol. The molecule has 25 heavy (non-hydrogen) atoms. The van der Waals surface area contributed by atoms with Crippen LogP contribution in [0.3, 0.4) is 0 Å². The number of aliphatic carboxylic acids is 1. The first-order chi connectivity index (χ1) is 12.0. The first-order valence-electron chi connectivity index (χ1n) is 8.51. The lowest BCUT2D eigenvalue weighted by Gasteiger charge is -2.18. The van der Waals surface area contributed by atoms with E-state index in [9.17, 15) is 4.79 Å². The molecule has 3 heteroatoms. The highest BCUT2D eigenvalue weighted by molar-refractivity contribution is 5.82. The maximum Gasteiger partial charge on any atom is 0.328 e. The van der Waals surface area contributed by atoms with E-state index >= 15 is 0 Å². The van der Waals surface area contributed by atoms with Crippen LogP contribution in [0.1, 0.15) is 36.6 Å². The fourth-order valence-electron chi connectivity index (χ4n) is 3.45. The van der Waals surface area contributed by atoms with Gasteiger partial charge >= 0.3 is 5.97 Å². The Morgan fingerprint density at radius 3 is 2.68 bits per heavy atom. The summed E-state index contributed by atoms with van der Waals surface area (Å²) >= 11 is 0. The van der Waals surface area contributed by atoms with Gasteiger partial charge in [0.25, 0.3) is 0 Å². The van der Waals surface area contributed by atoms with Crippen molar-refractivity contribution < 1.29 is 9.90 Å². The van der Waals surface area contributed by atoms with Gasteiger partial charge in [0.1, 0.15) is 0 Å². The maximum absolute atomic E-state index is 10.8. The number of hydrogen-bond acceptors (Lipinski definition) is 1. The topological polar surface area (TPSA) is 42.2 Å². The van der Waals surface area contributed by atoms with Crippen molar-refractivity contribution >= 4 is 16.9 Å². The number of aryl methyl sites for hydroxylation is 1. The molecule has 128 valence electrons. The highest BCUT2D eigenvalue weighted by Gasteiger charge is 2.12. The number of rotatable bonds is 5.